The summed E-state index contributed by atoms with van der Waals surface area (Å²) in [6.45, 7) is 6.20. The van der Waals surface area contributed by atoms with Crippen molar-refractivity contribution in [1.29, 1.82) is 0 Å². The molecule has 1 aliphatic heterocycles. The number of amides is 1. The minimum absolute atomic E-state index is 0.259. The van der Waals surface area contributed by atoms with Crippen LogP contribution in [0, 0.1) is 6.92 Å². The van der Waals surface area contributed by atoms with Gasteiger partial charge in [-0.2, -0.15) is 0 Å². The molecule has 0 spiro atoms. The Morgan fingerprint density at radius 3 is 2.57 bits per heavy atom. The van der Waals surface area contributed by atoms with Gasteiger partial charge in [0.15, 0.2) is 0 Å². The van der Waals surface area contributed by atoms with Crippen molar-refractivity contribution in [1.82, 2.24) is 15.0 Å². The fraction of sp³-hybridized carbons (Fsp3) is 0.444. The summed E-state index contributed by atoms with van der Waals surface area (Å²) in [6.07, 6.45) is 3.20. The first-order valence-electron chi connectivity index (χ1n) is 8.16. The minimum atomic E-state index is 0.259. The lowest BCUT2D eigenvalue weighted by Gasteiger charge is -2.34. The Bertz CT molecular complexity index is 631. The Balaban J connectivity index is 1.43. The first-order valence-corrected chi connectivity index (χ1v) is 8.16. The van der Waals surface area contributed by atoms with Crippen molar-refractivity contribution in [3.63, 3.8) is 0 Å². The van der Waals surface area contributed by atoms with Crippen LogP contribution in [0.4, 0.5) is 0 Å². The van der Waals surface area contributed by atoms with E-state index in [2.05, 4.69) is 22.2 Å². The molecule has 0 radical (unpaired) electrons. The molecular weight excluding hydrogens is 290 g/mol. The Hall–Kier alpha value is -2.14. The number of hydrogen-bond donors (Lipinski definition) is 0. The topological polar surface area (TPSA) is 49.6 Å². The van der Waals surface area contributed by atoms with Crippen LogP contribution in [0.5, 0.6) is 0 Å². The van der Waals surface area contributed by atoms with Gasteiger partial charge in [0.25, 0.3) is 0 Å². The third-order valence-electron chi connectivity index (χ3n) is 4.44. The van der Waals surface area contributed by atoms with Crippen LogP contribution in [0.25, 0.3) is 0 Å². The van der Waals surface area contributed by atoms with E-state index < -0.39 is 0 Å². The molecule has 0 saturated carbocycles. The molecule has 1 aromatic carbocycles. The van der Waals surface area contributed by atoms with Gasteiger partial charge in [0, 0.05) is 44.7 Å². The number of nitrogens with zero attached hydrogens (tertiary/aromatic N) is 3. The lowest BCUT2D eigenvalue weighted by Crippen LogP contribution is -2.48. The summed E-state index contributed by atoms with van der Waals surface area (Å²) >= 11 is 0. The van der Waals surface area contributed by atoms with E-state index in [9.17, 15) is 4.79 Å². The maximum Gasteiger partial charge on any atom is 0.222 e. The summed E-state index contributed by atoms with van der Waals surface area (Å²) in [6, 6.07) is 10.2. The Morgan fingerprint density at radius 1 is 1.17 bits per heavy atom. The van der Waals surface area contributed by atoms with Gasteiger partial charge in [-0.1, -0.05) is 35.5 Å². The number of aromatic nitrogens is 1. The fourth-order valence-corrected chi connectivity index (χ4v) is 2.92. The predicted octanol–water partition coefficient (Wildman–Crippen LogP) is 2.26. The van der Waals surface area contributed by atoms with E-state index in [-0.39, 0.29) is 5.91 Å². The molecule has 0 aliphatic carbocycles. The van der Waals surface area contributed by atoms with Gasteiger partial charge in [0.1, 0.15) is 5.76 Å². The maximum atomic E-state index is 12.3. The first-order chi connectivity index (χ1) is 11.2. The standard InChI is InChI=1S/C18H23N3O2/c1-15-17(13-19-23-15)14-20-9-11-21(12-10-20)18(22)8-7-16-5-3-2-4-6-16/h2-6,13H,7-12,14H2,1H3. The van der Waals surface area contributed by atoms with Gasteiger partial charge in [-0.25, -0.2) is 0 Å². The van der Waals surface area contributed by atoms with Crippen molar-refractivity contribution in [2.75, 3.05) is 26.2 Å². The summed E-state index contributed by atoms with van der Waals surface area (Å²) in [7, 11) is 0. The predicted molar refractivity (Wildman–Crippen MR) is 87.9 cm³/mol. The number of carbonyl (C=O) groups excluding carboxylic acids is 1. The van der Waals surface area contributed by atoms with E-state index >= 15 is 0 Å². The van der Waals surface area contributed by atoms with Gasteiger partial charge in [-0.3, -0.25) is 9.69 Å². The second kappa shape index (κ2) is 7.42. The SMILES string of the molecule is Cc1oncc1CN1CCN(C(=O)CCc2ccccc2)CC1. The lowest BCUT2D eigenvalue weighted by atomic mass is 10.1. The maximum absolute atomic E-state index is 12.3. The van der Waals surface area contributed by atoms with Crippen LogP contribution in [0.2, 0.25) is 0 Å². The Kier molecular flexibility index (Phi) is 5.08. The molecule has 0 atom stereocenters. The number of aryl methyl sites for hydroxylation is 2. The van der Waals surface area contributed by atoms with E-state index in [0.29, 0.717) is 6.42 Å². The summed E-state index contributed by atoms with van der Waals surface area (Å²) in [4.78, 5) is 16.7. The molecule has 1 aromatic heterocycles. The van der Waals surface area contributed by atoms with E-state index in [1.54, 1.807) is 6.20 Å². The summed E-state index contributed by atoms with van der Waals surface area (Å²) < 4.78 is 5.10. The van der Waals surface area contributed by atoms with Gasteiger partial charge >= 0.3 is 0 Å². The van der Waals surface area contributed by atoms with Gasteiger partial charge < -0.3 is 9.42 Å². The van der Waals surface area contributed by atoms with Crippen LogP contribution >= 0.6 is 0 Å². The zero-order valence-corrected chi connectivity index (χ0v) is 13.6. The number of rotatable bonds is 5. The third kappa shape index (κ3) is 4.20. The molecule has 122 valence electrons. The number of carbonyl (C=O) groups is 1. The minimum Gasteiger partial charge on any atom is -0.361 e. The molecule has 2 heterocycles. The molecule has 1 fully saturated rings. The largest absolute Gasteiger partial charge is 0.361 e. The average Bonchev–Trinajstić information content (AvgIpc) is 2.99. The number of benzene rings is 1. The molecule has 0 N–H and O–H groups in total. The molecule has 3 rings (SSSR count). The second-order valence-corrected chi connectivity index (χ2v) is 6.05. The quantitative estimate of drug-likeness (QED) is 0.849. The highest BCUT2D eigenvalue weighted by molar-refractivity contribution is 5.76. The molecule has 0 bridgehead atoms. The van der Waals surface area contributed by atoms with Crippen molar-refractivity contribution < 1.29 is 9.32 Å². The number of piperazine rings is 1. The molecular formula is C18H23N3O2. The normalized spacial score (nSPS) is 15.8. The molecule has 5 nitrogen and oxygen atoms in total. The molecule has 1 saturated heterocycles. The zero-order chi connectivity index (χ0) is 16.1. The van der Waals surface area contributed by atoms with E-state index in [1.165, 1.54) is 5.56 Å². The van der Waals surface area contributed by atoms with Crippen molar-refractivity contribution in [2.45, 2.75) is 26.3 Å². The van der Waals surface area contributed by atoms with Crippen molar-refractivity contribution in [3.05, 3.63) is 53.4 Å². The van der Waals surface area contributed by atoms with E-state index in [4.69, 9.17) is 4.52 Å². The lowest BCUT2D eigenvalue weighted by molar-refractivity contribution is -0.133. The molecule has 5 heteroatoms. The van der Waals surface area contributed by atoms with Crippen LogP contribution in [0.1, 0.15) is 23.3 Å². The van der Waals surface area contributed by atoms with Crippen LogP contribution in [0.15, 0.2) is 41.1 Å². The van der Waals surface area contributed by atoms with Gasteiger partial charge in [-0.05, 0) is 18.9 Å². The highest BCUT2D eigenvalue weighted by Gasteiger charge is 2.21. The second-order valence-electron chi connectivity index (χ2n) is 6.05. The van der Waals surface area contributed by atoms with Crippen LogP contribution in [-0.4, -0.2) is 47.0 Å². The van der Waals surface area contributed by atoms with Crippen molar-refractivity contribution >= 4 is 5.91 Å². The monoisotopic (exact) mass is 313 g/mol. The summed E-state index contributed by atoms with van der Waals surface area (Å²) in [5.74, 6) is 1.14. The van der Waals surface area contributed by atoms with Crippen LogP contribution in [0.3, 0.4) is 0 Å². The fourth-order valence-electron chi connectivity index (χ4n) is 2.92. The van der Waals surface area contributed by atoms with Gasteiger partial charge in [0.05, 0.1) is 6.20 Å². The van der Waals surface area contributed by atoms with E-state index in [1.807, 2.05) is 30.0 Å². The highest BCUT2D eigenvalue weighted by atomic mass is 16.5. The Morgan fingerprint density at radius 2 is 1.91 bits per heavy atom. The highest BCUT2D eigenvalue weighted by Crippen LogP contribution is 2.13. The summed E-state index contributed by atoms with van der Waals surface area (Å²) in [5, 5.41) is 3.82. The van der Waals surface area contributed by atoms with Crippen molar-refractivity contribution in [2.24, 2.45) is 0 Å². The van der Waals surface area contributed by atoms with Crippen LogP contribution < -0.4 is 0 Å². The average molecular weight is 313 g/mol. The Labute approximate surface area is 136 Å². The van der Waals surface area contributed by atoms with Gasteiger partial charge in [-0.15, -0.1) is 0 Å². The van der Waals surface area contributed by atoms with E-state index in [0.717, 1.165) is 50.5 Å². The zero-order valence-electron chi connectivity index (χ0n) is 13.6. The third-order valence-corrected chi connectivity index (χ3v) is 4.44. The first kappa shape index (κ1) is 15.7. The molecule has 1 amide bonds. The van der Waals surface area contributed by atoms with Gasteiger partial charge in [0.2, 0.25) is 5.91 Å². The number of hydrogen-bond acceptors (Lipinski definition) is 4. The molecule has 1 aliphatic rings. The van der Waals surface area contributed by atoms with Crippen molar-refractivity contribution in [3.8, 4) is 0 Å². The molecule has 23 heavy (non-hydrogen) atoms. The smallest absolute Gasteiger partial charge is 0.222 e. The molecule has 0 unspecified atom stereocenters. The van der Waals surface area contributed by atoms with Crippen LogP contribution in [-0.2, 0) is 17.8 Å². The molecule has 2 aromatic rings. The summed E-state index contributed by atoms with van der Waals surface area (Å²) in [5.41, 5.74) is 2.36.